The molecule has 2 aromatic rings. The Morgan fingerprint density at radius 1 is 1.03 bits per heavy atom. The predicted octanol–water partition coefficient (Wildman–Crippen LogP) is 2.85. The number of nitrogens with zero attached hydrogens (tertiary/aromatic N) is 1. The molecular weight excluding hydrogens is 497 g/mol. The summed E-state index contributed by atoms with van der Waals surface area (Å²) in [6, 6.07) is 11.2. The second kappa shape index (κ2) is 12.1. The Morgan fingerprint density at radius 2 is 1.69 bits per heavy atom. The largest absolute Gasteiger partial charge is 0.455 e. The van der Waals surface area contributed by atoms with Gasteiger partial charge in [0, 0.05) is 24.5 Å². The van der Waals surface area contributed by atoms with Crippen molar-refractivity contribution in [2.75, 3.05) is 36.1 Å². The summed E-state index contributed by atoms with van der Waals surface area (Å²) in [5.41, 5.74) is 0.701. The number of sulfonamides is 1. The molecule has 1 saturated heterocycles. The van der Waals surface area contributed by atoms with E-state index < -0.39 is 39.6 Å². The molecule has 2 aromatic carbocycles. The van der Waals surface area contributed by atoms with E-state index in [-0.39, 0.29) is 22.2 Å². The average Bonchev–Trinajstić information content (AvgIpc) is 3.39. The van der Waals surface area contributed by atoms with Gasteiger partial charge in [-0.2, -0.15) is 4.31 Å². The van der Waals surface area contributed by atoms with Crippen LogP contribution in [0.4, 0.5) is 15.8 Å². The van der Waals surface area contributed by atoms with Gasteiger partial charge in [-0.05, 0) is 62.2 Å². The molecule has 1 heterocycles. The van der Waals surface area contributed by atoms with Crippen molar-refractivity contribution < 1.29 is 31.9 Å². The van der Waals surface area contributed by atoms with Crippen LogP contribution in [0.15, 0.2) is 53.4 Å². The molecule has 1 fully saturated rings. The Balaban J connectivity index is 1.43. The van der Waals surface area contributed by atoms with Crippen molar-refractivity contribution in [2.45, 2.75) is 29.9 Å². The molecule has 3 rings (SSSR count). The van der Waals surface area contributed by atoms with Crippen LogP contribution >= 0.6 is 11.8 Å². The van der Waals surface area contributed by atoms with E-state index in [1.807, 2.05) is 0 Å². The summed E-state index contributed by atoms with van der Waals surface area (Å²) >= 11 is 1.02. The lowest BCUT2D eigenvalue weighted by Gasteiger charge is -2.16. The number of carbonyl (C=O) groups is 3. The second-order valence-corrected chi connectivity index (χ2v) is 11.1. The van der Waals surface area contributed by atoms with Gasteiger partial charge in [0.05, 0.1) is 10.6 Å². The normalized spacial score (nSPS) is 14.8. The summed E-state index contributed by atoms with van der Waals surface area (Å²) in [5.74, 6) is -2.14. The number of ether oxygens (including phenoxy) is 1. The summed E-state index contributed by atoms with van der Waals surface area (Å²) in [7, 11) is -3.62. The van der Waals surface area contributed by atoms with Crippen LogP contribution in [0.2, 0.25) is 0 Å². The Kier molecular flexibility index (Phi) is 9.24. The number of nitrogens with one attached hydrogen (secondary N) is 2. The van der Waals surface area contributed by atoms with Crippen LogP contribution in [0.25, 0.3) is 0 Å². The maximum atomic E-state index is 12.9. The first-order valence-corrected chi connectivity index (χ1v) is 13.4. The smallest absolute Gasteiger partial charge is 0.319 e. The van der Waals surface area contributed by atoms with Gasteiger partial charge in [-0.1, -0.05) is 6.07 Å². The van der Waals surface area contributed by atoms with Crippen molar-refractivity contribution in [1.82, 2.24) is 4.31 Å². The van der Waals surface area contributed by atoms with Gasteiger partial charge in [-0.15, -0.1) is 11.8 Å². The van der Waals surface area contributed by atoms with Gasteiger partial charge in [0.15, 0.2) is 6.61 Å². The van der Waals surface area contributed by atoms with E-state index in [4.69, 9.17) is 4.74 Å². The van der Waals surface area contributed by atoms with Crippen LogP contribution in [0, 0.1) is 5.82 Å². The lowest BCUT2D eigenvalue weighted by Crippen LogP contribution is -2.28. The number of thioether (sulfide) groups is 1. The molecule has 1 atom stereocenters. The maximum Gasteiger partial charge on any atom is 0.319 e. The average molecular weight is 524 g/mol. The van der Waals surface area contributed by atoms with Gasteiger partial charge in [0.2, 0.25) is 15.9 Å². The Hall–Kier alpha value is -2.96. The molecule has 1 aliphatic rings. The molecule has 2 N–H and O–H groups in total. The van der Waals surface area contributed by atoms with Crippen LogP contribution < -0.4 is 10.6 Å². The third-order valence-corrected chi connectivity index (χ3v) is 8.11. The minimum absolute atomic E-state index is 0.0435. The quantitative estimate of drug-likeness (QED) is 0.459. The summed E-state index contributed by atoms with van der Waals surface area (Å²) in [6.07, 6.45) is 1.63. The summed E-state index contributed by atoms with van der Waals surface area (Å²) < 4.78 is 44.7. The first-order chi connectivity index (χ1) is 16.6. The first kappa shape index (κ1) is 26.6. The highest BCUT2D eigenvalue weighted by atomic mass is 32.2. The lowest BCUT2D eigenvalue weighted by atomic mass is 10.3. The van der Waals surface area contributed by atoms with Gasteiger partial charge < -0.3 is 15.4 Å². The molecule has 2 amide bonds. The van der Waals surface area contributed by atoms with Gasteiger partial charge in [0.25, 0.3) is 5.91 Å². The molecular formula is C23H26FN3O6S2. The van der Waals surface area contributed by atoms with Gasteiger partial charge >= 0.3 is 5.97 Å². The van der Waals surface area contributed by atoms with E-state index in [1.54, 1.807) is 13.0 Å². The maximum absolute atomic E-state index is 12.9. The van der Waals surface area contributed by atoms with Crippen LogP contribution in [0.5, 0.6) is 0 Å². The zero-order chi connectivity index (χ0) is 25.4. The molecule has 0 spiro atoms. The van der Waals surface area contributed by atoms with Gasteiger partial charge in [0.1, 0.15) is 11.1 Å². The fourth-order valence-electron chi connectivity index (χ4n) is 3.26. The molecule has 9 nitrogen and oxygen atoms in total. The highest BCUT2D eigenvalue weighted by Gasteiger charge is 2.27. The van der Waals surface area contributed by atoms with Crippen molar-refractivity contribution in [2.24, 2.45) is 0 Å². The van der Waals surface area contributed by atoms with Crippen molar-refractivity contribution in [1.29, 1.82) is 0 Å². The minimum atomic E-state index is -3.62. The van der Waals surface area contributed by atoms with Crippen LogP contribution in [-0.2, 0) is 29.1 Å². The summed E-state index contributed by atoms with van der Waals surface area (Å²) in [4.78, 5) is 36.4. The van der Waals surface area contributed by atoms with Crippen molar-refractivity contribution in [3.63, 3.8) is 0 Å². The third-order valence-electron chi connectivity index (χ3n) is 5.09. The Labute approximate surface area is 207 Å². The molecule has 0 saturated carbocycles. The Morgan fingerprint density at radius 3 is 2.37 bits per heavy atom. The van der Waals surface area contributed by atoms with Crippen molar-refractivity contribution >= 4 is 50.9 Å². The van der Waals surface area contributed by atoms with E-state index in [0.29, 0.717) is 18.8 Å². The van der Waals surface area contributed by atoms with Crippen molar-refractivity contribution in [3.05, 3.63) is 54.3 Å². The van der Waals surface area contributed by atoms with Gasteiger partial charge in [-0.25, -0.2) is 12.8 Å². The first-order valence-electron chi connectivity index (χ1n) is 10.9. The molecule has 0 aromatic heterocycles. The molecule has 0 radical (unpaired) electrons. The zero-order valence-corrected chi connectivity index (χ0v) is 20.7. The number of anilines is 2. The highest BCUT2D eigenvalue weighted by Crippen LogP contribution is 2.23. The molecule has 0 aliphatic carbocycles. The number of carbonyl (C=O) groups excluding carboxylic acids is 3. The topological polar surface area (TPSA) is 122 Å². The molecule has 0 bridgehead atoms. The SMILES string of the molecule is CC(SCC(=O)Nc1ccc(F)cc1)C(=O)OCC(=O)Nc1cccc(S(=O)(=O)N2CCCC2)c1. The number of amides is 2. The number of halogens is 1. The number of hydrogen-bond donors (Lipinski definition) is 2. The molecule has 35 heavy (non-hydrogen) atoms. The van der Waals surface area contributed by atoms with Crippen LogP contribution in [0.3, 0.4) is 0 Å². The Bertz CT molecular complexity index is 1170. The zero-order valence-electron chi connectivity index (χ0n) is 19.0. The number of rotatable bonds is 10. The van der Waals surface area contributed by atoms with Crippen LogP contribution in [0.1, 0.15) is 19.8 Å². The number of benzene rings is 2. The molecule has 1 unspecified atom stereocenters. The van der Waals surface area contributed by atoms with E-state index >= 15 is 0 Å². The molecule has 1 aliphatic heterocycles. The number of esters is 1. The van der Waals surface area contributed by atoms with E-state index in [1.165, 1.54) is 46.8 Å². The number of hydrogen-bond acceptors (Lipinski definition) is 7. The minimum Gasteiger partial charge on any atom is -0.455 e. The van der Waals surface area contributed by atoms with E-state index in [0.717, 1.165) is 24.6 Å². The highest BCUT2D eigenvalue weighted by molar-refractivity contribution is 8.01. The van der Waals surface area contributed by atoms with Crippen LogP contribution in [-0.4, -0.2) is 61.2 Å². The monoisotopic (exact) mass is 523 g/mol. The third kappa shape index (κ3) is 7.77. The molecule has 12 heteroatoms. The predicted molar refractivity (Wildman–Crippen MR) is 131 cm³/mol. The fourth-order valence-corrected chi connectivity index (χ4v) is 5.50. The summed E-state index contributed by atoms with van der Waals surface area (Å²) in [6.45, 7) is 1.93. The van der Waals surface area contributed by atoms with E-state index in [9.17, 15) is 27.2 Å². The molecule has 188 valence electrons. The summed E-state index contributed by atoms with van der Waals surface area (Å²) in [5, 5.41) is 4.40. The standard InChI is InChI=1S/C23H26FN3O6S2/c1-16(34-15-22(29)25-18-9-7-17(24)8-10-18)23(30)33-14-21(28)26-19-5-4-6-20(13-19)35(31,32)27-11-2-3-12-27/h4-10,13,16H,2-3,11-12,14-15H2,1H3,(H,25,29)(H,26,28). The second-order valence-electron chi connectivity index (χ2n) is 7.80. The van der Waals surface area contributed by atoms with Gasteiger partial charge in [-0.3, -0.25) is 14.4 Å². The lowest BCUT2D eigenvalue weighted by molar-refractivity contribution is -0.146. The van der Waals surface area contributed by atoms with Crippen molar-refractivity contribution in [3.8, 4) is 0 Å². The fraction of sp³-hybridized carbons (Fsp3) is 0.348. The van der Waals surface area contributed by atoms with E-state index in [2.05, 4.69) is 10.6 Å².